The van der Waals surface area contributed by atoms with E-state index in [0.29, 0.717) is 10.0 Å². The van der Waals surface area contributed by atoms with Crippen molar-refractivity contribution in [3.63, 3.8) is 0 Å². The highest BCUT2D eigenvalue weighted by Gasteiger charge is 2.42. The van der Waals surface area contributed by atoms with Crippen molar-refractivity contribution in [3.05, 3.63) is 62.4 Å². The van der Waals surface area contributed by atoms with Gasteiger partial charge in [-0.05, 0) is 35.6 Å². The van der Waals surface area contributed by atoms with Crippen molar-refractivity contribution in [1.82, 2.24) is 4.98 Å². The molecule has 1 aromatic heterocycles. The van der Waals surface area contributed by atoms with Crippen LogP contribution in [0.5, 0.6) is 0 Å². The Bertz CT molecular complexity index is 934. The second kappa shape index (κ2) is 9.64. The van der Waals surface area contributed by atoms with Gasteiger partial charge in [-0.3, -0.25) is 0 Å². The molecule has 0 amide bonds. The Morgan fingerprint density at radius 1 is 1.27 bits per heavy atom. The van der Waals surface area contributed by atoms with Crippen molar-refractivity contribution in [3.8, 4) is 0 Å². The molecule has 0 fully saturated rings. The molecule has 1 heterocycles. The summed E-state index contributed by atoms with van der Waals surface area (Å²) < 4.78 is 74.3. The third-order valence-corrected chi connectivity index (χ3v) is 5.33. The van der Waals surface area contributed by atoms with Crippen LogP contribution in [0.25, 0.3) is 0 Å². The maximum absolute atomic E-state index is 13.9. The Labute approximate surface area is 184 Å². The summed E-state index contributed by atoms with van der Waals surface area (Å²) in [6.45, 7) is 3.40. The number of benzene rings is 1. The molecule has 0 radical (unpaired) electrons. The normalized spacial score (nSPS) is 13.1. The van der Waals surface area contributed by atoms with Gasteiger partial charge in [0.2, 0.25) is 0 Å². The molecule has 0 aliphatic heterocycles. The minimum Gasteiger partial charge on any atom is -0.465 e. The highest BCUT2D eigenvalue weighted by atomic mass is 79.9. The topological polar surface area (TPSA) is 39.2 Å². The van der Waals surface area contributed by atoms with Crippen LogP contribution in [-0.4, -0.2) is 18.1 Å². The first-order valence-corrected chi connectivity index (χ1v) is 10.1. The lowest BCUT2D eigenvalue weighted by Crippen LogP contribution is -2.23. The summed E-state index contributed by atoms with van der Waals surface area (Å²) in [6.07, 6.45) is -8.51. The Balaban J connectivity index is 2.99. The van der Waals surface area contributed by atoms with Gasteiger partial charge in [0.25, 0.3) is 6.43 Å². The van der Waals surface area contributed by atoms with E-state index in [9.17, 15) is 26.7 Å². The molecule has 0 spiro atoms. The number of esters is 1. The summed E-state index contributed by atoms with van der Waals surface area (Å²) in [7, 11) is 0.973. The van der Waals surface area contributed by atoms with Gasteiger partial charge in [-0.15, -0.1) is 0 Å². The number of aromatic nitrogens is 1. The largest absolute Gasteiger partial charge is 0.465 e. The van der Waals surface area contributed by atoms with E-state index in [1.165, 1.54) is 0 Å². The predicted molar refractivity (Wildman–Crippen MR) is 109 cm³/mol. The first-order valence-electron chi connectivity index (χ1n) is 8.82. The van der Waals surface area contributed by atoms with Crippen molar-refractivity contribution in [1.29, 1.82) is 0 Å². The van der Waals surface area contributed by atoms with Gasteiger partial charge in [-0.25, -0.2) is 18.6 Å². The minimum absolute atomic E-state index is 0.0733. The monoisotopic (exact) mass is 511 g/mol. The average Bonchev–Trinajstić information content (AvgIpc) is 2.64. The van der Waals surface area contributed by atoms with E-state index in [2.05, 4.69) is 38.3 Å². The molecule has 1 unspecified atom stereocenters. The number of ether oxygens (including phenoxy) is 1. The standard InChI is InChI=1S/C20H19BrF5NO2S/c1-9(2)7-12-13(19(28)29-3)15(18(22)23)27-17(20(24,25)26)14(12)16(30)10-5-4-6-11(21)8-10/h4-6,8-9,16,18,30H,7H2,1-3H3. The van der Waals surface area contributed by atoms with Gasteiger partial charge in [0, 0.05) is 10.0 Å². The zero-order chi connectivity index (χ0) is 22.8. The molecule has 0 aliphatic rings. The fraction of sp³-hybridized carbons (Fsp3) is 0.400. The van der Waals surface area contributed by atoms with Crippen molar-refractivity contribution in [2.24, 2.45) is 5.92 Å². The van der Waals surface area contributed by atoms with Gasteiger partial charge in [0.1, 0.15) is 11.4 Å². The lowest BCUT2D eigenvalue weighted by Gasteiger charge is -2.25. The van der Waals surface area contributed by atoms with Gasteiger partial charge < -0.3 is 4.74 Å². The Morgan fingerprint density at radius 3 is 2.37 bits per heavy atom. The summed E-state index contributed by atoms with van der Waals surface area (Å²) in [5.74, 6) is -1.41. The molecule has 0 aliphatic carbocycles. The zero-order valence-electron chi connectivity index (χ0n) is 16.2. The second-order valence-electron chi connectivity index (χ2n) is 6.96. The van der Waals surface area contributed by atoms with E-state index in [-0.39, 0.29) is 17.9 Å². The molecule has 10 heteroatoms. The average molecular weight is 512 g/mol. The van der Waals surface area contributed by atoms with Gasteiger partial charge in [0.05, 0.1) is 17.9 Å². The Kier molecular flexibility index (Phi) is 7.90. The Hall–Kier alpha value is -1.68. The third kappa shape index (κ3) is 5.32. The first kappa shape index (κ1) is 24.6. The maximum atomic E-state index is 13.9. The summed E-state index contributed by atoms with van der Waals surface area (Å²) in [6, 6.07) is 6.41. The van der Waals surface area contributed by atoms with E-state index in [1.807, 2.05) is 0 Å². The van der Waals surface area contributed by atoms with Gasteiger partial charge >= 0.3 is 12.1 Å². The number of halogens is 6. The lowest BCUT2D eigenvalue weighted by molar-refractivity contribution is -0.142. The number of carbonyl (C=O) groups is 1. The molecule has 0 saturated carbocycles. The highest BCUT2D eigenvalue weighted by Crippen LogP contribution is 2.44. The van der Waals surface area contributed by atoms with E-state index < -0.39 is 46.3 Å². The number of methoxy groups -OCH3 is 1. The summed E-state index contributed by atoms with van der Waals surface area (Å²) >= 11 is 7.63. The molecule has 0 bridgehead atoms. The Morgan fingerprint density at radius 2 is 1.90 bits per heavy atom. The molecule has 2 rings (SSSR count). The number of alkyl halides is 5. The van der Waals surface area contributed by atoms with Crippen molar-refractivity contribution >= 4 is 34.5 Å². The number of pyridine rings is 1. The van der Waals surface area contributed by atoms with Crippen LogP contribution >= 0.6 is 28.6 Å². The molecule has 30 heavy (non-hydrogen) atoms. The third-order valence-electron chi connectivity index (χ3n) is 4.29. The van der Waals surface area contributed by atoms with Gasteiger partial charge in [0.15, 0.2) is 0 Å². The van der Waals surface area contributed by atoms with Crippen LogP contribution in [0, 0.1) is 5.92 Å². The first-order chi connectivity index (χ1) is 13.9. The maximum Gasteiger partial charge on any atom is 0.433 e. The molecule has 0 N–H and O–H groups in total. The molecule has 164 valence electrons. The summed E-state index contributed by atoms with van der Waals surface area (Å²) in [4.78, 5) is 15.6. The number of nitrogens with zero attached hydrogens (tertiary/aromatic N) is 1. The lowest BCUT2D eigenvalue weighted by atomic mass is 9.87. The molecular formula is C20H19BrF5NO2S. The fourth-order valence-corrected chi connectivity index (χ4v) is 3.99. The van der Waals surface area contributed by atoms with Crippen LogP contribution in [0.15, 0.2) is 28.7 Å². The van der Waals surface area contributed by atoms with E-state index in [0.717, 1.165) is 7.11 Å². The molecule has 0 saturated heterocycles. The van der Waals surface area contributed by atoms with Crippen LogP contribution < -0.4 is 0 Å². The van der Waals surface area contributed by atoms with Crippen molar-refractivity contribution in [2.45, 2.75) is 38.1 Å². The number of hydrogen-bond donors (Lipinski definition) is 1. The SMILES string of the molecule is COC(=O)c1c(C(F)F)nc(C(F)(F)F)c(C(S)c2cccc(Br)c2)c1CC(C)C. The molecule has 3 nitrogen and oxygen atoms in total. The van der Waals surface area contributed by atoms with E-state index in [4.69, 9.17) is 0 Å². The summed E-state index contributed by atoms with van der Waals surface area (Å²) in [5.41, 5.74) is -3.61. The van der Waals surface area contributed by atoms with Gasteiger partial charge in [-0.1, -0.05) is 41.9 Å². The van der Waals surface area contributed by atoms with Crippen LogP contribution in [0.1, 0.15) is 64.0 Å². The van der Waals surface area contributed by atoms with E-state index >= 15 is 0 Å². The second-order valence-corrected chi connectivity index (χ2v) is 8.39. The molecular weight excluding hydrogens is 493 g/mol. The quantitative estimate of drug-likeness (QED) is 0.263. The van der Waals surface area contributed by atoms with Crippen LogP contribution in [0.4, 0.5) is 22.0 Å². The number of hydrogen-bond acceptors (Lipinski definition) is 4. The van der Waals surface area contributed by atoms with Crippen molar-refractivity contribution in [2.75, 3.05) is 7.11 Å². The van der Waals surface area contributed by atoms with Gasteiger partial charge in [-0.2, -0.15) is 25.8 Å². The molecule has 1 atom stereocenters. The van der Waals surface area contributed by atoms with Crippen LogP contribution in [0.3, 0.4) is 0 Å². The number of carbonyl (C=O) groups excluding carboxylic acids is 1. The fourth-order valence-electron chi connectivity index (χ4n) is 3.13. The summed E-state index contributed by atoms with van der Waals surface area (Å²) in [5, 5.41) is -1.17. The molecule has 1 aromatic carbocycles. The number of rotatable bonds is 6. The molecule has 2 aromatic rings. The smallest absolute Gasteiger partial charge is 0.433 e. The van der Waals surface area contributed by atoms with Crippen LogP contribution in [-0.2, 0) is 17.3 Å². The minimum atomic E-state index is -5.04. The van der Waals surface area contributed by atoms with Crippen LogP contribution in [0.2, 0.25) is 0 Å². The highest BCUT2D eigenvalue weighted by molar-refractivity contribution is 9.10. The van der Waals surface area contributed by atoms with Crippen molar-refractivity contribution < 1.29 is 31.5 Å². The number of thiol groups is 1. The van der Waals surface area contributed by atoms with E-state index in [1.54, 1.807) is 38.1 Å². The predicted octanol–water partition coefficient (Wildman–Crippen LogP) is 6.80. The zero-order valence-corrected chi connectivity index (χ0v) is 18.7.